The van der Waals surface area contributed by atoms with Gasteiger partial charge >= 0.3 is 0 Å². The number of nitrogens with one attached hydrogen (secondary N) is 2. The molecule has 3 aliphatic rings. The number of carbonyl (C=O) groups excluding carboxylic acids is 2. The normalized spacial score (nSPS) is 21.1. The Morgan fingerprint density at radius 1 is 1.07 bits per heavy atom. The van der Waals surface area contributed by atoms with Crippen molar-refractivity contribution in [1.29, 1.82) is 0 Å². The van der Waals surface area contributed by atoms with Crippen molar-refractivity contribution < 1.29 is 23.8 Å². The number of benzene rings is 2. The molecule has 228 valence electrons. The molecule has 0 radical (unpaired) electrons. The summed E-state index contributed by atoms with van der Waals surface area (Å²) in [7, 11) is 0. The third-order valence-electron chi connectivity index (χ3n) is 8.15. The van der Waals surface area contributed by atoms with Gasteiger partial charge in [0.05, 0.1) is 35.6 Å². The highest BCUT2D eigenvalue weighted by Gasteiger charge is 2.33. The van der Waals surface area contributed by atoms with Gasteiger partial charge < -0.3 is 29.7 Å². The highest BCUT2D eigenvalue weighted by atomic mass is 32.1. The fourth-order valence-electron chi connectivity index (χ4n) is 5.69. The van der Waals surface area contributed by atoms with E-state index < -0.39 is 0 Å². The molecule has 10 nitrogen and oxygen atoms in total. The van der Waals surface area contributed by atoms with Gasteiger partial charge in [-0.1, -0.05) is 12.1 Å². The first kappa shape index (κ1) is 28.5. The van der Waals surface area contributed by atoms with Gasteiger partial charge in [0.1, 0.15) is 28.9 Å². The number of carbonyl (C=O) groups is 2. The Kier molecular flexibility index (Phi) is 8.05. The number of aryl methyl sites for hydroxylation is 1. The van der Waals surface area contributed by atoms with E-state index in [1.165, 1.54) is 12.8 Å². The molecule has 2 atom stereocenters. The van der Waals surface area contributed by atoms with Gasteiger partial charge in [0.15, 0.2) is 0 Å². The lowest BCUT2D eigenvalue weighted by atomic mass is 10.0. The molecule has 1 aliphatic carbocycles. The maximum Gasteiger partial charge on any atom is 0.251 e. The van der Waals surface area contributed by atoms with Crippen LogP contribution >= 0.6 is 11.3 Å². The highest BCUT2D eigenvalue weighted by molar-refractivity contribution is 7.17. The van der Waals surface area contributed by atoms with Crippen LogP contribution in [0, 0.1) is 12.8 Å². The number of rotatable bonds is 4. The lowest BCUT2D eigenvalue weighted by molar-refractivity contribution is -0.123. The number of fused-ring (bicyclic) bond motifs is 6. The van der Waals surface area contributed by atoms with Gasteiger partial charge in [-0.05, 0) is 73.4 Å². The fourth-order valence-corrected chi connectivity index (χ4v) is 6.54. The van der Waals surface area contributed by atoms with Gasteiger partial charge in [-0.25, -0.2) is 9.97 Å². The molecule has 2 aliphatic heterocycles. The Morgan fingerprint density at radius 2 is 1.98 bits per heavy atom. The predicted molar refractivity (Wildman–Crippen MR) is 168 cm³/mol. The average Bonchev–Trinajstić information content (AvgIpc) is 3.73. The van der Waals surface area contributed by atoms with Crippen LogP contribution in [0.15, 0.2) is 53.9 Å². The van der Waals surface area contributed by atoms with Crippen molar-refractivity contribution in [2.45, 2.75) is 51.4 Å². The summed E-state index contributed by atoms with van der Waals surface area (Å²) in [6, 6.07) is 14.7. The Morgan fingerprint density at radius 3 is 2.86 bits per heavy atom. The number of nitrogens with zero attached hydrogens (tertiary/aromatic N) is 3. The molecule has 0 spiro atoms. The van der Waals surface area contributed by atoms with Crippen molar-refractivity contribution in [3.05, 3.63) is 70.9 Å². The average molecular weight is 614 g/mol. The fraction of sp³-hybridized carbons (Fsp3) is 0.394. The summed E-state index contributed by atoms with van der Waals surface area (Å²) in [5, 5.41) is 8.11. The van der Waals surface area contributed by atoms with Crippen molar-refractivity contribution in [3.8, 4) is 17.2 Å². The highest BCUT2D eigenvalue weighted by Crippen LogP contribution is 2.33. The minimum atomic E-state index is -0.290. The van der Waals surface area contributed by atoms with Crippen molar-refractivity contribution in [3.63, 3.8) is 0 Å². The summed E-state index contributed by atoms with van der Waals surface area (Å²) in [4.78, 5) is 37.9. The molecule has 2 aromatic heterocycles. The molecule has 2 fully saturated rings. The first-order valence-electron chi connectivity index (χ1n) is 15.2. The number of aromatic nitrogens is 2. The molecule has 11 heteroatoms. The number of thiophene rings is 1. The van der Waals surface area contributed by atoms with E-state index in [0.29, 0.717) is 60.7 Å². The maximum atomic E-state index is 13.2. The van der Waals surface area contributed by atoms with Gasteiger partial charge in [0.2, 0.25) is 5.91 Å². The monoisotopic (exact) mass is 613 g/mol. The van der Waals surface area contributed by atoms with Crippen molar-refractivity contribution in [2.75, 3.05) is 31.1 Å². The second kappa shape index (κ2) is 12.4. The molecule has 4 heterocycles. The van der Waals surface area contributed by atoms with Crippen LogP contribution in [0.2, 0.25) is 0 Å². The summed E-state index contributed by atoms with van der Waals surface area (Å²) in [6.07, 6.45) is 2.98. The summed E-state index contributed by atoms with van der Waals surface area (Å²) < 4.78 is 19.7. The third-order valence-corrected chi connectivity index (χ3v) is 9.05. The van der Waals surface area contributed by atoms with Crippen LogP contribution < -0.4 is 25.0 Å². The minimum Gasteiger partial charge on any atom is -0.493 e. The Hall–Kier alpha value is -4.22. The Labute approximate surface area is 259 Å². The molecular formula is C33H35N5O5S. The molecule has 4 bridgehead atoms. The first-order valence-corrected chi connectivity index (χ1v) is 16.1. The summed E-state index contributed by atoms with van der Waals surface area (Å²) in [6.45, 7) is 4.36. The summed E-state index contributed by atoms with van der Waals surface area (Å²) >= 11 is 1.62. The van der Waals surface area contributed by atoms with E-state index in [1.54, 1.807) is 23.5 Å². The van der Waals surface area contributed by atoms with Gasteiger partial charge in [-0.3, -0.25) is 9.59 Å². The van der Waals surface area contributed by atoms with E-state index >= 15 is 0 Å². The van der Waals surface area contributed by atoms with Gasteiger partial charge in [-0.2, -0.15) is 0 Å². The molecule has 7 rings (SSSR count). The maximum absolute atomic E-state index is 13.2. The summed E-state index contributed by atoms with van der Waals surface area (Å²) in [5.41, 5.74) is 2.30. The van der Waals surface area contributed by atoms with Crippen molar-refractivity contribution in [2.24, 2.45) is 5.92 Å². The van der Waals surface area contributed by atoms with Gasteiger partial charge in [0, 0.05) is 37.7 Å². The number of amides is 2. The minimum absolute atomic E-state index is 0.138. The second-order valence-electron chi connectivity index (χ2n) is 11.7. The molecule has 1 saturated heterocycles. The number of ether oxygens (including phenoxy) is 3. The first-order chi connectivity index (χ1) is 21.5. The molecule has 2 aromatic carbocycles. The largest absolute Gasteiger partial charge is 0.493 e. The number of piperidine rings is 1. The van der Waals surface area contributed by atoms with E-state index in [-0.39, 0.29) is 36.9 Å². The zero-order valence-electron chi connectivity index (χ0n) is 24.6. The lowest BCUT2D eigenvalue weighted by Crippen LogP contribution is -2.56. The van der Waals surface area contributed by atoms with E-state index in [0.717, 1.165) is 28.1 Å². The van der Waals surface area contributed by atoms with Crippen LogP contribution in [0.5, 0.6) is 17.2 Å². The van der Waals surface area contributed by atoms with Gasteiger partial charge in [-0.15, -0.1) is 11.3 Å². The molecule has 1 saturated carbocycles. The topological polar surface area (TPSA) is 115 Å². The van der Waals surface area contributed by atoms with Crippen LogP contribution in [0.25, 0.3) is 10.2 Å². The smallest absolute Gasteiger partial charge is 0.251 e. The van der Waals surface area contributed by atoms with Crippen LogP contribution in [0.1, 0.15) is 47.4 Å². The van der Waals surface area contributed by atoms with Crippen LogP contribution in [0.3, 0.4) is 0 Å². The Balaban J connectivity index is 1.13. The Bertz CT molecular complexity index is 1690. The van der Waals surface area contributed by atoms with E-state index in [9.17, 15) is 9.59 Å². The third kappa shape index (κ3) is 6.63. The van der Waals surface area contributed by atoms with Crippen molar-refractivity contribution in [1.82, 2.24) is 20.6 Å². The standard InChI is InChI=1S/C33H35N5O5S/c1-20-35-27-9-12-44-31(27)32(36-20)38-11-8-29-28(17-38)37-30(39)7-10-34-33(40)23-14-25(41-18-21-5-6-21)16-26(15-23)43-24-4-2-3-22(13-24)19-42-29/h2-4,9,12-16,21,28-29H,5-8,10-11,17-19H2,1H3,(H,34,40)(H,37,39)/t28-,29+/m0/s1. The molecule has 2 N–H and O–H groups in total. The number of hydrogen-bond acceptors (Lipinski definition) is 9. The molecule has 0 unspecified atom stereocenters. The number of anilines is 1. The van der Waals surface area contributed by atoms with Gasteiger partial charge in [0.25, 0.3) is 5.91 Å². The van der Waals surface area contributed by atoms with E-state index in [2.05, 4.69) is 20.5 Å². The van der Waals surface area contributed by atoms with E-state index in [4.69, 9.17) is 19.2 Å². The predicted octanol–water partition coefficient (Wildman–Crippen LogP) is 4.99. The van der Waals surface area contributed by atoms with Crippen molar-refractivity contribution >= 4 is 39.2 Å². The lowest BCUT2D eigenvalue weighted by Gasteiger charge is -2.39. The van der Waals surface area contributed by atoms with Crippen LogP contribution in [-0.2, 0) is 16.1 Å². The zero-order chi connectivity index (χ0) is 30.0. The molecule has 44 heavy (non-hydrogen) atoms. The molecular weight excluding hydrogens is 578 g/mol. The second-order valence-corrected chi connectivity index (χ2v) is 12.6. The summed E-state index contributed by atoms with van der Waals surface area (Å²) in [5.74, 6) is 3.46. The van der Waals surface area contributed by atoms with E-state index in [1.807, 2.05) is 48.7 Å². The quantitative estimate of drug-likeness (QED) is 0.331. The SMILES string of the molecule is Cc1nc(N2CC[C@H]3OCc4cccc(c4)Oc4cc(OCC5CC5)cc(c4)C(=O)NCCC(=O)N[C@H]3C2)c2sccc2n1. The molecule has 4 aromatic rings. The van der Waals surface area contributed by atoms with Crippen LogP contribution in [0.4, 0.5) is 5.82 Å². The molecule has 2 amide bonds. The number of hydrogen-bond donors (Lipinski definition) is 2. The van der Waals surface area contributed by atoms with Crippen LogP contribution in [-0.4, -0.2) is 60.2 Å². The zero-order valence-corrected chi connectivity index (χ0v) is 25.4.